The first kappa shape index (κ1) is 13.1. The van der Waals surface area contributed by atoms with E-state index in [9.17, 15) is 0 Å². The van der Waals surface area contributed by atoms with E-state index in [0.29, 0.717) is 12.1 Å². The molecule has 1 heterocycles. The molecule has 1 fully saturated rings. The fraction of sp³-hybridized carbons (Fsp3) is 0.571. The third-order valence-electron chi connectivity index (χ3n) is 3.41. The van der Waals surface area contributed by atoms with Crippen LogP contribution in [0.1, 0.15) is 38.4 Å². The number of benzene rings is 1. The van der Waals surface area contributed by atoms with Gasteiger partial charge in [0.1, 0.15) is 0 Å². The second-order valence-corrected chi connectivity index (χ2v) is 5.61. The van der Waals surface area contributed by atoms with Gasteiger partial charge >= 0.3 is 0 Å². The zero-order valence-electron chi connectivity index (χ0n) is 10.4. The number of halogens is 1. The smallest absolute Gasteiger partial charge is 0.0975 e. The van der Waals surface area contributed by atoms with E-state index in [1.54, 1.807) is 0 Å². The average Bonchev–Trinajstić information content (AvgIpc) is 2.52. The van der Waals surface area contributed by atoms with Crippen molar-refractivity contribution in [1.82, 2.24) is 5.32 Å². The van der Waals surface area contributed by atoms with E-state index >= 15 is 0 Å². The summed E-state index contributed by atoms with van der Waals surface area (Å²) < 4.78 is 7.11. The number of hydrogen-bond donors (Lipinski definition) is 1. The van der Waals surface area contributed by atoms with E-state index in [0.717, 1.165) is 17.5 Å². The van der Waals surface area contributed by atoms with E-state index in [4.69, 9.17) is 4.74 Å². The normalized spacial score (nSPS) is 29.9. The Balaban J connectivity index is 2.12. The summed E-state index contributed by atoms with van der Waals surface area (Å²) in [4.78, 5) is 0. The van der Waals surface area contributed by atoms with Crippen molar-refractivity contribution in [3.05, 3.63) is 34.3 Å². The van der Waals surface area contributed by atoms with Gasteiger partial charge in [-0.3, -0.25) is 0 Å². The Morgan fingerprint density at radius 2 is 2.06 bits per heavy atom. The lowest BCUT2D eigenvalue weighted by Crippen LogP contribution is -2.37. The predicted octanol–water partition coefficient (Wildman–Crippen LogP) is 3.67. The highest BCUT2D eigenvalue weighted by atomic mass is 79.9. The molecule has 1 aliphatic rings. The van der Waals surface area contributed by atoms with E-state index in [-0.39, 0.29) is 6.10 Å². The molecule has 1 N–H and O–H groups in total. The minimum Gasteiger partial charge on any atom is -0.372 e. The molecule has 0 bridgehead atoms. The highest BCUT2D eigenvalue weighted by Crippen LogP contribution is 2.26. The first-order chi connectivity index (χ1) is 8.20. The maximum absolute atomic E-state index is 6.00. The molecular formula is C14H20BrNO. The Morgan fingerprint density at radius 1 is 1.35 bits per heavy atom. The van der Waals surface area contributed by atoms with Crippen LogP contribution in [-0.2, 0) is 4.74 Å². The molecule has 17 heavy (non-hydrogen) atoms. The topological polar surface area (TPSA) is 21.3 Å². The minimum atomic E-state index is 0.166. The van der Waals surface area contributed by atoms with Crippen LogP contribution in [-0.4, -0.2) is 18.7 Å². The summed E-state index contributed by atoms with van der Waals surface area (Å²) in [6.07, 6.45) is 2.44. The van der Waals surface area contributed by atoms with Crippen molar-refractivity contribution in [1.29, 1.82) is 0 Å². The Morgan fingerprint density at radius 3 is 2.71 bits per heavy atom. The standard InChI is InChI=1S/C14H20BrNO/c1-3-13-8-9-17-14(10(2)16-13)11-4-6-12(15)7-5-11/h4-7,10,13-14,16H,3,8-9H2,1-2H3. The number of hydrogen-bond acceptors (Lipinski definition) is 2. The lowest BCUT2D eigenvalue weighted by molar-refractivity contribution is 0.0461. The number of nitrogens with one attached hydrogen (secondary N) is 1. The zero-order chi connectivity index (χ0) is 12.3. The van der Waals surface area contributed by atoms with Crippen molar-refractivity contribution >= 4 is 15.9 Å². The van der Waals surface area contributed by atoms with E-state index < -0.39 is 0 Å². The molecule has 94 valence electrons. The van der Waals surface area contributed by atoms with Gasteiger partial charge in [0.2, 0.25) is 0 Å². The van der Waals surface area contributed by atoms with Crippen molar-refractivity contribution in [3.63, 3.8) is 0 Å². The molecule has 0 amide bonds. The van der Waals surface area contributed by atoms with Crippen LogP contribution in [0.25, 0.3) is 0 Å². The second-order valence-electron chi connectivity index (χ2n) is 4.69. The molecule has 3 heteroatoms. The van der Waals surface area contributed by atoms with E-state index in [2.05, 4.69) is 59.4 Å². The Hall–Kier alpha value is -0.380. The van der Waals surface area contributed by atoms with Crippen LogP contribution < -0.4 is 5.32 Å². The summed E-state index contributed by atoms with van der Waals surface area (Å²) in [5.41, 5.74) is 1.25. The molecular weight excluding hydrogens is 278 g/mol. The van der Waals surface area contributed by atoms with Crippen molar-refractivity contribution in [3.8, 4) is 0 Å². The molecule has 1 aromatic carbocycles. The quantitative estimate of drug-likeness (QED) is 0.899. The highest BCUT2D eigenvalue weighted by molar-refractivity contribution is 9.10. The van der Waals surface area contributed by atoms with Gasteiger partial charge in [0, 0.05) is 23.2 Å². The summed E-state index contributed by atoms with van der Waals surface area (Å²) in [5.74, 6) is 0. The van der Waals surface area contributed by atoms with Crippen LogP contribution in [0.5, 0.6) is 0 Å². The van der Waals surface area contributed by atoms with Gasteiger partial charge in [-0.2, -0.15) is 0 Å². The molecule has 0 saturated carbocycles. The Labute approximate surface area is 112 Å². The third-order valence-corrected chi connectivity index (χ3v) is 3.94. The third kappa shape index (κ3) is 3.30. The highest BCUT2D eigenvalue weighted by Gasteiger charge is 2.25. The summed E-state index contributed by atoms with van der Waals surface area (Å²) in [7, 11) is 0. The van der Waals surface area contributed by atoms with Gasteiger partial charge < -0.3 is 10.1 Å². The van der Waals surface area contributed by atoms with Gasteiger partial charge in [-0.25, -0.2) is 0 Å². The fourth-order valence-corrected chi connectivity index (χ4v) is 2.65. The Bertz CT molecular complexity index is 352. The molecule has 3 atom stereocenters. The maximum Gasteiger partial charge on any atom is 0.0975 e. The lowest BCUT2D eigenvalue weighted by atomic mass is 10.0. The summed E-state index contributed by atoms with van der Waals surface area (Å²) in [5, 5.41) is 3.65. The predicted molar refractivity (Wildman–Crippen MR) is 74.1 cm³/mol. The van der Waals surface area contributed by atoms with Gasteiger partial charge in [-0.15, -0.1) is 0 Å². The molecule has 2 nitrogen and oxygen atoms in total. The van der Waals surface area contributed by atoms with Crippen molar-refractivity contribution < 1.29 is 4.74 Å². The van der Waals surface area contributed by atoms with E-state index in [1.807, 2.05) is 0 Å². The largest absolute Gasteiger partial charge is 0.372 e. The first-order valence-corrected chi connectivity index (χ1v) is 7.13. The average molecular weight is 298 g/mol. The molecule has 2 rings (SSSR count). The van der Waals surface area contributed by atoms with E-state index in [1.165, 1.54) is 12.0 Å². The van der Waals surface area contributed by atoms with Crippen LogP contribution in [0.2, 0.25) is 0 Å². The minimum absolute atomic E-state index is 0.166. The van der Waals surface area contributed by atoms with Crippen LogP contribution >= 0.6 is 15.9 Å². The van der Waals surface area contributed by atoms with Crippen molar-refractivity contribution in [2.24, 2.45) is 0 Å². The lowest BCUT2D eigenvalue weighted by Gasteiger charge is -2.24. The molecule has 0 radical (unpaired) electrons. The first-order valence-electron chi connectivity index (χ1n) is 6.34. The maximum atomic E-state index is 6.00. The molecule has 1 saturated heterocycles. The van der Waals surface area contributed by atoms with Gasteiger partial charge in [0.05, 0.1) is 6.10 Å². The van der Waals surface area contributed by atoms with Crippen molar-refractivity contribution in [2.75, 3.05) is 6.61 Å². The summed E-state index contributed by atoms with van der Waals surface area (Å²) in [6, 6.07) is 9.38. The molecule has 0 spiro atoms. The molecule has 1 aromatic rings. The van der Waals surface area contributed by atoms with Gasteiger partial charge in [0.15, 0.2) is 0 Å². The van der Waals surface area contributed by atoms with Crippen LogP contribution in [0.15, 0.2) is 28.7 Å². The molecule has 3 unspecified atom stereocenters. The zero-order valence-corrected chi connectivity index (χ0v) is 12.0. The fourth-order valence-electron chi connectivity index (χ4n) is 2.38. The molecule has 0 aromatic heterocycles. The van der Waals surface area contributed by atoms with Gasteiger partial charge in [-0.05, 0) is 37.5 Å². The Kier molecular flexibility index (Phi) is 4.60. The van der Waals surface area contributed by atoms with Crippen LogP contribution in [0.4, 0.5) is 0 Å². The van der Waals surface area contributed by atoms with Crippen LogP contribution in [0.3, 0.4) is 0 Å². The number of rotatable bonds is 2. The summed E-state index contributed by atoms with van der Waals surface area (Å²) in [6.45, 7) is 5.28. The molecule has 0 aliphatic carbocycles. The van der Waals surface area contributed by atoms with Crippen LogP contribution in [0, 0.1) is 0 Å². The molecule has 1 aliphatic heterocycles. The van der Waals surface area contributed by atoms with Gasteiger partial charge in [0.25, 0.3) is 0 Å². The number of ether oxygens (including phenoxy) is 1. The monoisotopic (exact) mass is 297 g/mol. The summed E-state index contributed by atoms with van der Waals surface area (Å²) >= 11 is 3.46. The van der Waals surface area contributed by atoms with Crippen molar-refractivity contribution in [2.45, 2.75) is 44.9 Å². The second kappa shape index (κ2) is 5.98. The SMILES string of the molecule is CCC1CCOC(c2ccc(Br)cc2)C(C)N1. The van der Waals surface area contributed by atoms with Gasteiger partial charge in [-0.1, -0.05) is 35.0 Å².